The lowest BCUT2D eigenvalue weighted by molar-refractivity contribution is -0.119. The van der Waals surface area contributed by atoms with Crippen LogP contribution < -0.4 is 10.9 Å². The van der Waals surface area contributed by atoms with Crippen LogP contribution >= 0.6 is 11.3 Å². The molecule has 0 bridgehead atoms. The van der Waals surface area contributed by atoms with Crippen molar-refractivity contribution >= 4 is 39.2 Å². The molecule has 2 unspecified atom stereocenters. The normalized spacial score (nSPS) is 16.7. The number of hydrogen-bond acceptors (Lipinski definition) is 8. The summed E-state index contributed by atoms with van der Waals surface area (Å²) < 4.78 is 7.61. The zero-order valence-electron chi connectivity index (χ0n) is 21.0. The van der Waals surface area contributed by atoms with Crippen molar-refractivity contribution < 1.29 is 14.3 Å². The third kappa shape index (κ3) is 4.61. The number of thiophene rings is 1. The third-order valence-corrected chi connectivity index (χ3v) is 7.92. The number of carbonyl (C=O) groups is 2. The van der Waals surface area contributed by atoms with Crippen molar-refractivity contribution in [2.45, 2.75) is 66.3 Å². The number of rotatable bonds is 6. The maximum atomic E-state index is 13.6. The molecule has 0 aliphatic heterocycles. The van der Waals surface area contributed by atoms with Gasteiger partial charge in [0.25, 0.3) is 11.5 Å². The number of nitrogens with zero attached hydrogens (tertiary/aromatic N) is 5. The number of anilines is 1. The molecule has 0 aromatic carbocycles. The lowest BCUT2D eigenvalue weighted by Crippen LogP contribution is -2.36. The first-order valence-corrected chi connectivity index (χ1v) is 12.8. The van der Waals surface area contributed by atoms with E-state index in [0.29, 0.717) is 22.6 Å². The molecule has 1 N–H and O–H groups in total. The number of amides is 1. The van der Waals surface area contributed by atoms with Crippen molar-refractivity contribution in [1.82, 2.24) is 24.8 Å². The molecule has 3 aromatic rings. The summed E-state index contributed by atoms with van der Waals surface area (Å²) in [5.74, 6) is -0.315. The van der Waals surface area contributed by atoms with E-state index in [-0.39, 0.29) is 29.0 Å². The minimum Gasteiger partial charge on any atom is -0.462 e. The van der Waals surface area contributed by atoms with Crippen LogP contribution in [-0.4, -0.2) is 43.3 Å². The SMILES string of the molecule is CCOC(=O)c1cnn(C)c1NC(=O)C(CC)n1nnc2sc3c(c2c1=O)CCC(C(C)(C)C)C3. The van der Waals surface area contributed by atoms with Crippen LogP contribution in [0, 0.1) is 11.3 Å². The highest BCUT2D eigenvalue weighted by molar-refractivity contribution is 7.18. The highest BCUT2D eigenvalue weighted by Crippen LogP contribution is 2.41. The molecule has 0 saturated heterocycles. The van der Waals surface area contributed by atoms with Crippen LogP contribution in [0.5, 0.6) is 0 Å². The average Bonchev–Trinajstić information content (AvgIpc) is 3.35. The molecular formula is C24H32N6O4S. The lowest BCUT2D eigenvalue weighted by Gasteiger charge is -2.33. The molecule has 35 heavy (non-hydrogen) atoms. The van der Waals surface area contributed by atoms with Gasteiger partial charge in [0.2, 0.25) is 0 Å². The summed E-state index contributed by atoms with van der Waals surface area (Å²) in [7, 11) is 1.61. The Bertz CT molecular complexity index is 1330. The Balaban J connectivity index is 1.67. The number of nitrogens with one attached hydrogen (secondary N) is 1. The van der Waals surface area contributed by atoms with Gasteiger partial charge in [0.05, 0.1) is 18.2 Å². The fourth-order valence-electron chi connectivity index (χ4n) is 4.66. The molecule has 1 aliphatic carbocycles. The van der Waals surface area contributed by atoms with E-state index in [0.717, 1.165) is 24.8 Å². The predicted molar refractivity (Wildman–Crippen MR) is 134 cm³/mol. The number of aromatic nitrogens is 5. The molecule has 3 heterocycles. The van der Waals surface area contributed by atoms with Crippen LogP contribution in [0.1, 0.15) is 74.3 Å². The van der Waals surface area contributed by atoms with Gasteiger partial charge in [-0.05, 0) is 49.5 Å². The highest BCUT2D eigenvalue weighted by atomic mass is 32.1. The molecule has 11 heteroatoms. The van der Waals surface area contributed by atoms with Gasteiger partial charge in [-0.3, -0.25) is 14.3 Å². The van der Waals surface area contributed by atoms with Gasteiger partial charge in [0.15, 0.2) is 4.83 Å². The molecule has 0 spiro atoms. The number of fused-ring (bicyclic) bond motifs is 3. The van der Waals surface area contributed by atoms with Crippen LogP contribution in [0.4, 0.5) is 5.82 Å². The molecular weight excluding hydrogens is 468 g/mol. The molecule has 0 fully saturated rings. The zero-order valence-corrected chi connectivity index (χ0v) is 21.9. The number of aryl methyl sites for hydroxylation is 2. The largest absolute Gasteiger partial charge is 0.462 e. The maximum absolute atomic E-state index is 13.6. The van der Waals surface area contributed by atoms with Gasteiger partial charge in [-0.2, -0.15) is 9.78 Å². The monoisotopic (exact) mass is 500 g/mol. The molecule has 1 aliphatic rings. The Morgan fingerprint density at radius 2 is 2.06 bits per heavy atom. The molecule has 188 valence electrons. The summed E-state index contributed by atoms with van der Waals surface area (Å²) >= 11 is 1.54. The second-order valence-corrected chi connectivity index (χ2v) is 11.1. The fourth-order valence-corrected chi connectivity index (χ4v) is 5.90. The van der Waals surface area contributed by atoms with Crippen LogP contribution in [0.25, 0.3) is 10.2 Å². The number of hydrogen-bond donors (Lipinski definition) is 1. The van der Waals surface area contributed by atoms with Crippen molar-refractivity contribution in [2.75, 3.05) is 11.9 Å². The first kappa shape index (κ1) is 25.0. The molecule has 4 rings (SSSR count). The number of ether oxygens (including phenoxy) is 1. The first-order chi connectivity index (χ1) is 16.6. The van der Waals surface area contributed by atoms with E-state index in [4.69, 9.17) is 4.74 Å². The van der Waals surface area contributed by atoms with Gasteiger partial charge < -0.3 is 10.1 Å². The van der Waals surface area contributed by atoms with Gasteiger partial charge in [-0.25, -0.2) is 4.79 Å². The van der Waals surface area contributed by atoms with Crippen LogP contribution in [0.2, 0.25) is 0 Å². The van der Waals surface area contributed by atoms with Crippen LogP contribution in [-0.2, 0) is 29.4 Å². The van der Waals surface area contributed by atoms with E-state index in [2.05, 4.69) is 41.5 Å². The molecule has 0 radical (unpaired) electrons. The van der Waals surface area contributed by atoms with E-state index in [1.807, 2.05) is 0 Å². The second kappa shape index (κ2) is 9.52. The summed E-state index contributed by atoms with van der Waals surface area (Å²) in [6, 6.07) is -0.897. The van der Waals surface area contributed by atoms with E-state index in [1.54, 1.807) is 20.9 Å². The van der Waals surface area contributed by atoms with Crippen molar-refractivity contribution in [3.8, 4) is 0 Å². The smallest absolute Gasteiger partial charge is 0.343 e. The van der Waals surface area contributed by atoms with E-state index >= 15 is 0 Å². The van der Waals surface area contributed by atoms with Crippen LogP contribution in [0.15, 0.2) is 11.0 Å². The Hall–Kier alpha value is -3.08. The van der Waals surface area contributed by atoms with Gasteiger partial charge in [0, 0.05) is 11.9 Å². The molecule has 0 saturated carbocycles. The number of carbonyl (C=O) groups excluding carboxylic acids is 2. The summed E-state index contributed by atoms with van der Waals surface area (Å²) in [6.45, 7) is 10.5. The van der Waals surface area contributed by atoms with E-state index in [9.17, 15) is 14.4 Å². The maximum Gasteiger partial charge on any atom is 0.343 e. The van der Waals surface area contributed by atoms with Crippen molar-refractivity contribution in [3.63, 3.8) is 0 Å². The second-order valence-electron chi connectivity index (χ2n) is 9.99. The summed E-state index contributed by atoms with van der Waals surface area (Å²) in [6.07, 6.45) is 4.41. The standard InChI is InChI=1S/C24H32N6O4S/c1-7-16(20(31)26-19-15(12-25-29(19)6)23(33)34-8-2)30-22(32)18-14-10-9-13(24(3,4)5)11-17(14)35-21(18)27-28-30/h12-13,16H,7-11H2,1-6H3,(H,26,31). The summed E-state index contributed by atoms with van der Waals surface area (Å²) in [4.78, 5) is 40.9. The summed E-state index contributed by atoms with van der Waals surface area (Å²) in [5.41, 5.74) is 1.08. The van der Waals surface area contributed by atoms with E-state index < -0.39 is 17.9 Å². The molecule has 1 amide bonds. The van der Waals surface area contributed by atoms with Gasteiger partial charge in [0.1, 0.15) is 17.4 Å². The zero-order chi connectivity index (χ0) is 25.5. The minimum atomic E-state index is -0.897. The van der Waals surface area contributed by atoms with Crippen molar-refractivity contribution in [1.29, 1.82) is 0 Å². The predicted octanol–water partition coefficient (Wildman–Crippen LogP) is 3.50. The Labute approximate surface area is 207 Å². The summed E-state index contributed by atoms with van der Waals surface area (Å²) in [5, 5.41) is 15.8. The molecule has 3 aromatic heterocycles. The van der Waals surface area contributed by atoms with Crippen LogP contribution in [0.3, 0.4) is 0 Å². The molecule has 10 nitrogen and oxygen atoms in total. The fraction of sp³-hybridized carbons (Fsp3) is 0.583. The van der Waals surface area contributed by atoms with Crippen molar-refractivity contribution in [3.05, 3.63) is 32.6 Å². The quantitative estimate of drug-likeness (QED) is 0.514. The first-order valence-electron chi connectivity index (χ1n) is 12.0. The molecule has 2 atom stereocenters. The van der Waals surface area contributed by atoms with Gasteiger partial charge >= 0.3 is 5.97 Å². The average molecular weight is 501 g/mol. The highest BCUT2D eigenvalue weighted by Gasteiger charge is 2.33. The Morgan fingerprint density at radius 3 is 2.71 bits per heavy atom. The Kier molecular flexibility index (Phi) is 6.81. The van der Waals surface area contributed by atoms with Gasteiger partial charge in [-0.1, -0.05) is 32.9 Å². The Morgan fingerprint density at radius 1 is 1.31 bits per heavy atom. The van der Waals surface area contributed by atoms with Crippen molar-refractivity contribution in [2.24, 2.45) is 18.4 Å². The minimum absolute atomic E-state index is 0.145. The van der Waals surface area contributed by atoms with E-state index in [1.165, 1.54) is 31.8 Å². The third-order valence-electron chi connectivity index (χ3n) is 6.79. The number of esters is 1. The van der Waals surface area contributed by atoms with Gasteiger partial charge in [-0.15, -0.1) is 16.4 Å². The topological polar surface area (TPSA) is 121 Å². The lowest BCUT2D eigenvalue weighted by atomic mass is 9.72.